The number of ether oxygens (including phenoxy) is 1. The lowest BCUT2D eigenvalue weighted by atomic mass is 10.00. The summed E-state index contributed by atoms with van der Waals surface area (Å²) in [6.45, 7) is 2.26. The number of carbonyl (C=O) groups is 1. The molecule has 3 rings (SSSR count). The first-order valence-corrected chi connectivity index (χ1v) is 12.2. The van der Waals surface area contributed by atoms with Crippen LogP contribution in [0.15, 0.2) is 65.1 Å². The Morgan fingerprint density at radius 3 is 2.55 bits per heavy atom. The van der Waals surface area contributed by atoms with Gasteiger partial charge in [-0.1, -0.05) is 35.4 Å². The Labute approximate surface area is 188 Å². The van der Waals surface area contributed by atoms with E-state index in [1.807, 2.05) is 6.92 Å². The van der Waals surface area contributed by atoms with E-state index in [1.54, 1.807) is 24.3 Å². The van der Waals surface area contributed by atoms with Crippen molar-refractivity contribution >= 4 is 33.2 Å². The van der Waals surface area contributed by atoms with E-state index in [4.69, 9.17) is 16.3 Å². The molecule has 0 fully saturated rings. The molecule has 1 aliphatic carbocycles. The van der Waals surface area contributed by atoms with Crippen LogP contribution in [0.1, 0.15) is 32.6 Å². The van der Waals surface area contributed by atoms with Crippen molar-refractivity contribution in [2.45, 2.75) is 37.5 Å². The van der Waals surface area contributed by atoms with Crippen LogP contribution in [-0.2, 0) is 14.8 Å². The number of rotatable bonds is 9. The van der Waals surface area contributed by atoms with E-state index < -0.39 is 10.0 Å². The molecule has 6 nitrogen and oxygen atoms in total. The quantitative estimate of drug-likeness (QED) is 0.554. The number of sulfonamides is 1. The lowest BCUT2D eigenvalue weighted by molar-refractivity contribution is -0.119. The maximum atomic E-state index is 13.5. The minimum atomic E-state index is -4.03. The second kappa shape index (κ2) is 10.7. The molecule has 0 unspecified atom stereocenters. The Kier molecular flexibility index (Phi) is 7.98. The van der Waals surface area contributed by atoms with Crippen LogP contribution >= 0.6 is 11.6 Å². The third kappa shape index (κ3) is 6.02. The number of allylic oxidation sites excluding steroid dienone is 1. The zero-order valence-electron chi connectivity index (χ0n) is 17.5. The van der Waals surface area contributed by atoms with Crippen LogP contribution in [0.25, 0.3) is 0 Å². The number of hydrogen-bond acceptors (Lipinski definition) is 4. The van der Waals surface area contributed by atoms with Crippen molar-refractivity contribution in [3.05, 3.63) is 65.2 Å². The van der Waals surface area contributed by atoms with Crippen molar-refractivity contribution in [3.63, 3.8) is 0 Å². The van der Waals surface area contributed by atoms with E-state index in [0.29, 0.717) is 29.6 Å². The largest absolute Gasteiger partial charge is 0.492 e. The number of para-hydroxylation sites is 2. The number of amides is 1. The summed E-state index contributed by atoms with van der Waals surface area (Å²) in [6, 6.07) is 12.7. The lowest BCUT2D eigenvalue weighted by Gasteiger charge is -2.26. The zero-order valence-corrected chi connectivity index (χ0v) is 19.1. The molecular weight excluding hydrogens is 436 g/mol. The van der Waals surface area contributed by atoms with Gasteiger partial charge in [0.15, 0.2) is 0 Å². The van der Waals surface area contributed by atoms with Crippen LogP contribution in [0.2, 0.25) is 5.02 Å². The molecule has 0 atom stereocenters. The molecule has 166 valence electrons. The van der Waals surface area contributed by atoms with Crippen LogP contribution in [0.4, 0.5) is 5.69 Å². The van der Waals surface area contributed by atoms with Crippen molar-refractivity contribution in [1.82, 2.24) is 5.32 Å². The van der Waals surface area contributed by atoms with Crippen LogP contribution in [-0.4, -0.2) is 34.0 Å². The van der Waals surface area contributed by atoms with Crippen LogP contribution < -0.4 is 14.4 Å². The standard InChI is InChI=1S/C23H27ClN2O4S/c1-2-30-22-11-7-6-10-21(22)26(31(28,29)20-14-12-19(24)13-15-20)17-23(27)25-16-18-8-4-3-5-9-18/h6-8,10-15H,2-5,9,16-17H2,1H3,(H,25,27). The molecule has 2 aromatic rings. The first-order chi connectivity index (χ1) is 14.9. The average Bonchev–Trinajstić information content (AvgIpc) is 2.78. The normalized spacial score (nSPS) is 13.9. The molecule has 0 saturated carbocycles. The minimum Gasteiger partial charge on any atom is -0.492 e. The van der Waals surface area contributed by atoms with Gasteiger partial charge in [0.1, 0.15) is 12.3 Å². The van der Waals surface area contributed by atoms with E-state index in [2.05, 4.69) is 11.4 Å². The molecule has 0 aromatic heterocycles. The summed E-state index contributed by atoms with van der Waals surface area (Å²) in [6.07, 6.45) is 6.40. The van der Waals surface area contributed by atoms with E-state index in [9.17, 15) is 13.2 Å². The number of halogens is 1. The van der Waals surface area contributed by atoms with E-state index in [-0.39, 0.29) is 17.3 Å². The van der Waals surface area contributed by atoms with Crippen LogP contribution in [0.5, 0.6) is 5.75 Å². The number of hydrogen-bond donors (Lipinski definition) is 1. The molecule has 1 aliphatic rings. The van der Waals surface area contributed by atoms with Gasteiger partial charge in [-0.25, -0.2) is 8.42 Å². The molecule has 2 aromatic carbocycles. The van der Waals surface area contributed by atoms with Crippen molar-refractivity contribution in [3.8, 4) is 5.75 Å². The maximum Gasteiger partial charge on any atom is 0.264 e. The summed E-state index contributed by atoms with van der Waals surface area (Å²) in [5.74, 6) is 0.0145. The number of benzene rings is 2. The summed E-state index contributed by atoms with van der Waals surface area (Å²) in [5, 5.41) is 3.29. The topological polar surface area (TPSA) is 75.7 Å². The van der Waals surface area contributed by atoms with E-state index in [0.717, 1.165) is 23.6 Å². The highest BCUT2D eigenvalue weighted by Gasteiger charge is 2.29. The molecular formula is C23H27ClN2O4S. The number of anilines is 1. The number of nitrogens with zero attached hydrogens (tertiary/aromatic N) is 1. The summed E-state index contributed by atoms with van der Waals surface area (Å²) < 4.78 is 33.7. The Morgan fingerprint density at radius 1 is 1.13 bits per heavy atom. The molecule has 0 heterocycles. The van der Waals surface area contributed by atoms with Gasteiger partial charge in [-0.05, 0) is 69.0 Å². The molecule has 8 heteroatoms. The molecule has 1 amide bonds. The summed E-state index contributed by atoms with van der Waals surface area (Å²) >= 11 is 5.93. The highest BCUT2D eigenvalue weighted by Crippen LogP contribution is 2.32. The molecule has 0 spiro atoms. The minimum absolute atomic E-state index is 0.0472. The fourth-order valence-corrected chi connectivity index (χ4v) is 5.00. The predicted octanol–water partition coefficient (Wildman–Crippen LogP) is 4.55. The van der Waals surface area contributed by atoms with Gasteiger partial charge in [-0.15, -0.1) is 0 Å². The summed E-state index contributed by atoms with van der Waals surface area (Å²) in [7, 11) is -4.03. The van der Waals surface area contributed by atoms with Gasteiger partial charge in [-0.2, -0.15) is 0 Å². The highest BCUT2D eigenvalue weighted by atomic mass is 35.5. The first kappa shape index (κ1) is 23.2. The van der Waals surface area contributed by atoms with Crippen molar-refractivity contribution in [1.29, 1.82) is 0 Å². The highest BCUT2D eigenvalue weighted by molar-refractivity contribution is 7.92. The fourth-order valence-electron chi connectivity index (χ4n) is 3.44. The van der Waals surface area contributed by atoms with Crippen molar-refractivity contribution in [2.24, 2.45) is 0 Å². The second-order valence-electron chi connectivity index (χ2n) is 7.25. The Morgan fingerprint density at radius 2 is 1.87 bits per heavy atom. The molecule has 0 aliphatic heterocycles. The van der Waals surface area contributed by atoms with Gasteiger partial charge in [0.2, 0.25) is 5.91 Å². The number of carbonyl (C=O) groups excluding carboxylic acids is 1. The smallest absolute Gasteiger partial charge is 0.264 e. The van der Waals surface area contributed by atoms with Gasteiger partial charge < -0.3 is 10.1 Å². The first-order valence-electron chi connectivity index (χ1n) is 10.4. The fraction of sp³-hybridized carbons (Fsp3) is 0.348. The van der Waals surface area contributed by atoms with Crippen molar-refractivity contribution < 1.29 is 17.9 Å². The number of nitrogens with one attached hydrogen (secondary N) is 1. The Bertz CT molecular complexity index is 1040. The third-order valence-electron chi connectivity index (χ3n) is 5.02. The Hall–Kier alpha value is -2.51. The van der Waals surface area contributed by atoms with E-state index >= 15 is 0 Å². The van der Waals surface area contributed by atoms with Crippen LogP contribution in [0, 0.1) is 0 Å². The third-order valence-corrected chi connectivity index (χ3v) is 7.05. The lowest BCUT2D eigenvalue weighted by Crippen LogP contribution is -2.41. The van der Waals surface area contributed by atoms with Gasteiger partial charge in [0.05, 0.1) is 17.2 Å². The second-order valence-corrected chi connectivity index (χ2v) is 9.55. The predicted molar refractivity (Wildman–Crippen MR) is 123 cm³/mol. The monoisotopic (exact) mass is 462 g/mol. The zero-order chi connectivity index (χ0) is 22.3. The summed E-state index contributed by atoms with van der Waals surface area (Å²) in [5.41, 5.74) is 1.49. The van der Waals surface area contributed by atoms with Gasteiger partial charge in [0.25, 0.3) is 10.0 Å². The molecule has 0 bridgehead atoms. The van der Waals surface area contributed by atoms with Crippen molar-refractivity contribution in [2.75, 3.05) is 24.0 Å². The van der Waals surface area contributed by atoms with Crippen LogP contribution in [0.3, 0.4) is 0 Å². The molecule has 0 radical (unpaired) electrons. The summed E-state index contributed by atoms with van der Waals surface area (Å²) in [4.78, 5) is 12.8. The average molecular weight is 463 g/mol. The Balaban J connectivity index is 1.90. The van der Waals surface area contributed by atoms with Gasteiger partial charge in [0, 0.05) is 11.6 Å². The van der Waals surface area contributed by atoms with Gasteiger partial charge in [-0.3, -0.25) is 9.10 Å². The van der Waals surface area contributed by atoms with E-state index in [1.165, 1.54) is 36.3 Å². The SMILES string of the molecule is CCOc1ccccc1N(CC(=O)NCC1=CCCCC1)S(=O)(=O)c1ccc(Cl)cc1. The maximum absolute atomic E-state index is 13.5. The molecule has 1 N–H and O–H groups in total. The molecule has 0 saturated heterocycles. The van der Waals surface area contributed by atoms with Gasteiger partial charge >= 0.3 is 0 Å². The molecule has 31 heavy (non-hydrogen) atoms.